The summed E-state index contributed by atoms with van der Waals surface area (Å²) in [5, 5.41) is 2.84. The molecular formula is C16H21ClF3NO2. The maximum absolute atomic E-state index is 13.2. The van der Waals surface area contributed by atoms with Crippen LogP contribution in [0.4, 0.5) is 13.2 Å². The molecule has 0 aliphatic carbocycles. The Bertz CT molecular complexity index is 517. The van der Waals surface area contributed by atoms with Gasteiger partial charge in [-0.05, 0) is 38.9 Å². The van der Waals surface area contributed by atoms with E-state index in [0.717, 1.165) is 13.0 Å². The normalized spacial score (nSPS) is 20.0. The molecule has 1 unspecified atom stereocenters. The molecule has 1 heterocycles. The number of hydrogen-bond acceptors (Lipinski definition) is 3. The molecule has 7 heteroatoms. The summed E-state index contributed by atoms with van der Waals surface area (Å²) in [6, 6.07) is 3.98. The van der Waals surface area contributed by atoms with Crippen molar-refractivity contribution in [2.45, 2.75) is 38.7 Å². The van der Waals surface area contributed by atoms with Gasteiger partial charge in [0.15, 0.2) is 0 Å². The molecule has 1 N–H and O–H groups in total. The first-order valence-electron chi connectivity index (χ1n) is 7.63. The number of nitrogens with one attached hydrogen (secondary N) is 1. The van der Waals surface area contributed by atoms with Gasteiger partial charge in [-0.2, -0.15) is 13.2 Å². The Morgan fingerprint density at radius 3 is 2.65 bits per heavy atom. The Kier molecular flexibility index (Phi) is 6.17. The summed E-state index contributed by atoms with van der Waals surface area (Å²) in [5.41, 5.74) is -0.929. The van der Waals surface area contributed by atoms with Crippen molar-refractivity contribution in [3.05, 3.63) is 28.8 Å². The van der Waals surface area contributed by atoms with Crippen LogP contribution in [-0.4, -0.2) is 31.9 Å². The monoisotopic (exact) mass is 351 g/mol. The number of hydrogen-bond donors (Lipinski definition) is 1. The molecule has 1 aliphatic rings. The van der Waals surface area contributed by atoms with E-state index in [2.05, 4.69) is 5.32 Å². The largest absolute Gasteiger partial charge is 0.487 e. The molecule has 0 spiro atoms. The number of rotatable bonds is 6. The first-order chi connectivity index (χ1) is 10.8. The van der Waals surface area contributed by atoms with Gasteiger partial charge in [-0.1, -0.05) is 17.7 Å². The zero-order chi connectivity index (χ0) is 17.0. The summed E-state index contributed by atoms with van der Waals surface area (Å²) in [5.74, 6) is -0.136. The Morgan fingerprint density at radius 1 is 1.35 bits per heavy atom. The number of alkyl halides is 3. The van der Waals surface area contributed by atoms with Gasteiger partial charge in [0.05, 0.1) is 17.7 Å². The highest BCUT2D eigenvalue weighted by Gasteiger charge is 2.38. The summed E-state index contributed by atoms with van der Waals surface area (Å²) in [6.07, 6.45) is -4.19. The lowest BCUT2D eigenvalue weighted by atomic mass is 10.0. The van der Waals surface area contributed by atoms with E-state index in [1.807, 2.05) is 13.8 Å². The van der Waals surface area contributed by atoms with Crippen LogP contribution in [0.5, 0.6) is 5.75 Å². The van der Waals surface area contributed by atoms with Crippen molar-refractivity contribution in [1.82, 2.24) is 5.32 Å². The molecule has 1 fully saturated rings. The lowest BCUT2D eigenvalue weighted by Crippen LogP contribution is -2.34. The van der Waals surface area contributed by atoms with E-state index < -0.39 is 17.8 Å². The van der Waals surface area contributed by atoms with Crippen molar-refractivity contribution in [2.75, 3.05) is 19.7 Å². The third-order valence-electron chi connectivity index (χ3n) is 3.76. The fourth-order valence-electron chi connectivity index (χ4n) is 2.59. The second kappa shape index (κ2) is 7.73. The topological polar surface area (TPSA) is 30.5 Å². The Hall–Kier alpha value is -0.980. The molecule has 130 valence electrons. The van der Waals surface area contributed by atoms with Crippen molar-refractivity contribution in [1.29, 1.82) is 0 Å². The summed E-state index contributed by atoms with van der Waals surface area (Å²) in [4.78, 5) is 0. The minimum atomic E-state index is -4.56. The molecular weight excluding hydrogens is 331 g/mol. The highest BCUT2D eigenvalue weighted by atomic mass is 35.5. The van der Waals surface area contributed by atoms with Gasteiger partial charge in [0, 0.05) is 12.5 Å². The first kappa shape index (κ1) is 18.4. The van der Waals surface area contributed by atoms with Crippen LogP contribution in [0.25, 0.3) is 0 Å². The highest BCUT2D eigenvalue weighted by molar-refractivity contribution is 6.31. The van der Waals surface area contributed by atoms with Gasteiger partial charge in [-0.25, -0.2) is 0 Å². The number of ether oxygens (including phenoxy) is 2. The number of halogens is 4. The van der Waals surface area contributed by atoms with Crippen LogP contribution >= 0.6 is 11.6 Å². The fourth-order valence-corrected chi connectivity index (χ4v) is 2.86. The van der Waals surface area contributed by atoms with Gasteiger partial charge in [-0.15, -0.1) is 0 Å². The minimum absolute atomic E-state index is 0.0167. The van der Waals surface area contributed by atoms with Gasteiger partial charge in [0.1, 0.15) is 17.4 Å². The summed E-state index contributed by atoms with van der Waals surface area (Å²) >= 11 is 5.74. The van der Waals surface area contributed by atoms with Crippen LogP contribution in [-0.2, 0) is 10.9 Å². The van der Waals surface area contributed by atoms with Crippen molar-refractivity contribution < 1.29 is 22.6 Å². The van der Waals surface area contributed by atoms with E-state index in [4.69, 9.17) is 21.1 Å². The molecule has 1 aromatic carbocycles. The molecule has 0 aromatic heterocycles. The standard InChI is InChI=1S/C16H21ClF3NO2/c1-10(2)22-9-14(11-6-7-21-8-11)23-13-5-3-4-12(17)15(13)16(18,19)20/h3-5,10-11,14,21H,6-9H2,1-2H3/t11?,14-/m1/s1. The average molecular weight is 352 g/mol. The predicted molar refractivity (Wildman–Crippen MR) is 82.9 cm³/mol. The third-order valence-corrected chi connectivity index (χ3v) is 4.07. The second-order valence-electron chi connectivity index (χ2n) is 5.90. The van der Waals surface area contributed by atoms with Crippen LogP contribution in [0.1, 0.15) is 25.8 Å². The Morgan fingerprint density at radius 2 is 2.09 bits per heavy atom. The molecule has 1 aromatic rings. The number of benzene rings is 1. The minimum Gasteiger partial charge on any atom is -0.487 e. The van der Waals surface area contributed by atoms with Gasteiger partial charge >= 0.3 is 6.18 Å². The van der Waals surface area contributed by atoms with Crippen LogP contribution in [0, 0.1) is 5.92 Å². The van der Waals surface area contributed by atoms with Crippen molar-refractivity contribution in [3.8, 4) is 5.75 Å². The summed E-state index contributed by atoms with van der Waals surface area (Å²) in [6.45, 7) is 5.53. The molecule has 1 aliphatic heterocycles. The zero-order valence-corrected chi connectivity index (χ0v) is 13.9. The van der Waals surface area contributed by atoms with Crippen LogP contribution in [0.3, 0.4) is 0 Å². The van der Waals surface area contributed by atoms with Crippen molar-refractivity contribution in [2.24, 2.45) is 5.92 Å². The fraction of sp³-hybridized carbons (Fsp3) is 0.625. The molecule has 1 saturated heterocycles. The van der Waals surface area contributed by atoms with Crippen molar-refractivity contribution in [3.63, 3.8) is 0 Å². The average Bonchev–Trinajstić information content (AvgIpc) is 2.95. The zero-order valence-electron chi connectivity index (χ0n) is 13.1. The Balaban J connectivity index is 2.23. The Labute approximate surface area is 139 Å². The lowest BCUT2D eigenvalue weighted by molar-refractivity contribution is -0.139. The molecule has 3 nitrogen and oxygen atoms in total. The quantitative estimate of drug-likeness (QED) is 0.835. The molecule has 0 radical (unpaired) electrons. The summed E-state index contributed by atoms with van der Waals surface area (Å²) < 4.78 is 51.0. The van der Waals surface area contributed by atoms with E-state index in [1.165, 1.54) is 18.2 Å². The third kappa shape index (κ3) is 4.99. The van der Waals surface area contributed by atoms with Gasteiger partial charge in [-0.3, -0.25) is 0 Å². The van der Waals surface area contributed by atoms with Crippen LogP contribution < -0.4 is 10.1 Å². The van der Waals surface area contributed by atoms with E-state index in [9.17, 15) is 13.2 Å². The van der Waals surface area contributed by atoms with Gasteiger partial charge in [0.25, 0.3) is 0 Å². The SMILES string of the molecule is CC(C)OC[C@@H](Oc1cccc(Cl)c1C(F)(F)F)C1CCNC1. The van der Waals surface area contributed by atoms with Crippen molar-refractivity contribution >= 4 is 11.6 Å². The van der Waals surface area contributed by atoms with Crippen LogP contribution in [0.2, 0.25) is 5.02 Å². The van der Waals surface area contributed by atoms with E-state index in [0.29, 0.717) is 6.54 Å². The lowest BCUT2D eigenvalue weighted by Gasteiger charge is -2.27. The molecule has 23 heavy (non-hydrogen) atoms. The van der Waals surface area contributed by atoms with E-state index in [1.54, 1.807) is 0 Å². The van der Waals surface area contributed by atoms with E-state index >= 15 is 0 Å². The second-order valence-corrected chi connectivity index (χ2v) is 6.31. The molecule has 0 saturated carbocycles. The molecule has 2 rings (SSSR count). The molecule has 2 atom stereocenters. The highest BCUT2D eigenvalue weighted by Crippen LogP contribution is 2.41. The van der Waals surface area contributed by atoms with Gasteiger partial charge in [0.2, 0.25) is 0 Å². The smallest absolute Gasteiger partial charge is 0.421 e. The van der Waals surface area contributed by atoms with Gasteiger partial charge < -0.3 is 14.8 Å². The maximum Gasteiger partial charge on any atom is 0.421 e. The summed E-state index contributed by atoms with van der Waals surface area (Å²) in [7, 11) is 0. The first-order valence-corrected chi connectivity index (χ1v) is 8.01. The maximum atomic E-state index is 13.2. The molecule has 0 bridgehead atoms. The predicted octanol–water partition coefficient (Wildman–Crippen LogP) is 4.14. The van der Waals surface area contributed by atoms with E-state index in [-0.39, 0.29) is 29.4 Å². The van der Waals surface area contributed by atoms with Crippen LogP contribution in [0.15, 0.2) is 18.2 Å². The molecule has 0 amide bonds.